The van der Waals surface area contributed by atoms with Crippen LogP contribution in [0.3, 0.4) is 0 Å². The fourth-order valence-electron chi connectivity index (χ4n) is 4.52. The molecule has 32 heavy (non-hydrogen) atoms. The molecule has 1 aromatic carbocycles. The van der Waals surface area contributed by atoms with Gasteiger partial charge < -0.3 is 14.5 Å². The number of benzene rings is 1. The lowest BCUT2D eigenvalue weighted by Gasteiger charge is -2.36. The Bertz CT molecular complexity index is 830. The molecule has 0 bridgehead atoms. The van der Waals surface area contributed by atoms with Gasteiger partial charge in [0.05, 0.1) is 13.7 Å². The van der Waals surface area contributed by atoms with Crippen molar-refractivity contribution in [2.75, 3.05) is 53.4 Å². The molecule has 174 valence electrons. The number of rotatable bonds is 11. The first-order valence-corrected chi connectivity index (χ1v) is 11.8. The Labute approximate surface area is 193 Å². The summed E-state index contributed by atoms with van der Waals surface area (Å²) in [6.07, 6.45) is 7.03. The Morgan fingerprint density at radius 3 is 2.78 bits per heavy atom. The topological polar surface area (TPSA) is 48.9 Å². The monoisotopic (exact) mass is 438 g/mol. The minimum Gasteiger partial charge on any atom is -0.497 e. The Morgan fingerprint density at radius 1 is 1.22 bits per heavy atom. The van der Waals surface area contributed by atoms with E-state index in [1.54, 1.807) is 19.5 Å². The molecule has 0 saturated carbocycles. The van der Waals surface area contributed by atoms with E-state index in [-0.39, 0.29) is 5.91 Å². The zero-order valence-electron chi connectivity index (χ0n) is 19.9. The maximum Gasteiger partial charge on any atom is 0.236 e. The third kappa shape index (κ3) is 7.61. The van der Waals surface area contributed by atoms with Crippen LogP contribution in [-0.4, -0.2) is 79.0 Å². The molecule has 0 N–H and O–H groups in total. The molecule has 1 amide bonds. The fraction of sp³-hybridized carbons (Fsp3) is 0.538. The average molecular weight is 439 g/mol. The fourth-order valence-corrected chi connectivity index (χ4v) is 4.52. The number of ether oxygens (including phenoxy) is 1. The third-order valence-corrected chi connectivity index (χ3v) is 6.27. The predicted molar refractivity (Wildman–Crippen MR) is 129 cm³/mol. The number of pyridine rings is 1. The molecule has 1 fully saturated rings. The molecule has 1 aliphatic heterocycles. The van der Waals surface area contributed by atoms with E-state index >= 15 is 0 Å². The van der Waals surface area contributed by atoms with Crippen LogP contribution in [0.4, 0.5) is 0 Å². The van der Waals surface area contributed by atoms with Crippen molar-refractivity contribution in [3.05, 3.63) is 59.9 Å². The van der Waals surface area contributed by atoms with Crippen molar-refractivity contribution < 1.29 is 9.53 Å². The Kier molecular flexibility index (Phi) is 9.50. The van der Waals surface area contributed by atoms with Crippen molar-refractivity contribution in [1.82, 2.24) is 19.7 Å². The van der Waals surface area contributed by atoms with Gasteiger partial charge in [-0.1, -0.05) is 12.1 Å². The maximum absolute atomic E-state index is 12.9. The summed E-state index contributed by atoms with van der Waals surface area (Å²) < 4.78 is 5.35. The minimum absolute atomic E-state index is 0.220. The summed E-state index contributed by atoms with van der Waals surface area (Å²) in [5.74, 6) is 1.69. The number of hydrogen-bond donors (Lipinski definition) is 0. The first-order chi connectivity index (χ1) is 15.6. The highest BCUT2D eigenvalue weighted by atomic mass is 16.5. The number of piperidine rings is 1. The molecular weight excluding hydrogens is 400 g/mol. The number of carbonyl (C=O) groups is 1. The van der Waals surface area contributed by atoms with Gasteiger partial charge in [-0.05, 0) is 81.1 Å². The summed E-state index contributed by atoms with van der Waals surface area (Å²) >= 11 is 0. The Hall–Kier alpha value is -2.44. The smallest absolute Gasteiger partial charge is 0.236 e. The number of hydrogen-bond acceptors (Lipinski definition) is 5. The van der Waals surface area contributed by atoms with Gasteiger partial charge in [0, 0.05) is 45.1 Å². The Balaban J connectivity index is 1.45. The van der Waals surface area contributed by atoms with E-state index in [9.17, 15) is 4.79 Å². The number of methoxy groups -OCH3 is 1. The minimum atomic E-state index is 0.220. The van der Waals surface area contributed by atoms with Crippen LogP contribution in [0.1, 0.15) is 30.9 Å². The number of nitrogens with zero attached hydrogens (tertiary/aromatic N) is 4. The van der Waals surface area contributed by atoms with Crippen molar-refractivity contribution in [2.45, 2.75) is 32.7 Å². The summed E-state index contributed by atoms with van der Waals surface area (Å²) in [5, 5.41) is 0. The SMILES string of the molecule is CCN(CC1CCCN(CCc2cccc(OC)c2)C1)C(=O)CN(C)Cc1ccncc1. The van der Waals surface area contributed by atoms with E-state index in [1.807, 2.05) is 30.1 Å². The summed E-state index contributed by atoms with van der Waals surface area (Å²) in [5.41, 5.74) is 2.49. The van der Waals surface area contributed by atoms with Crippen molar-refractivity contribution >= 4 is 5.91 Å². The molecule has 0 aliphatic carbocycles. The third-order valence-electron chi connectivity index (χ3n) is 6.27. The molecule has 1 unspecified atom stereocenters. The first kappa shape index (κ1) is 24.2. The molecule has 1 aromatic heterocycles. The van der Waals surface area contributed by atoms with E-state index < -0.39 is 0 Å². The predicted octanol–water partition coefficient (Wildman–Crippen LogP) is 3.33. The number of aromatic nitrogens is 1. The molecule has 2 heterocycles. The van der Waals surface area contributed by atoms with Gasteiger partial charge in [0.15, 0.2) is 0 Å². The standard InChI is InChI=1S/C26H38N4O2/c1-4-30(26(31)21-28(2)18-23-10-13-27-14-11-23)20-24-8-6-15-29(19-24)16-12-22-7-5-9-25(17-22)32-3/h5,7,9-11,13-14,17,24H,4,6,8,12,15-16,18-21H2,1-3H3. The van der Waals surface area contributed by atoms with Crippen molar-refractivity contribution in [3.8, 4) is 5.75 Å². The molecule has 1 saturated heterocycles. The molecule has 1 atom stereocenters. The van der Waals surface area contributed by atoms with Gasteiger partial charge in [-0.3, -0.25) is 14.7 Å². The van der Waals surface area contributed by atoms with Gasteiger partial charge in [0.2, 0.25) is 5.91 Å². The number of amides is 1. The lowest BCUT2D eigenvalue weighted by Crippen LogP contribution is -2.45. The normalized spacial score (nSPS) is 16.8. The van der Waals surface area contributed by atoms with Gasteiger partial charge in [0.25, 0.3) is 0 Å². The van der Waals surface area contributed by atoms with Crippen molar-refractivity contribution in [2.24, 2.45) is 5.92 Å². The zero-order chi connectivity index (χ0) is 22.8. The van der Waals surface area contributed by atoms with E-state index in [0.29, 0.717) is 12.5 Å². The molecular formula is C26H38N4O2. The largest absolute Gasteiger partial charge is 0.497 e. The van der Waals surface area contributed by atoms with E-state index in [4.69, 9.17) is 4.74 Å². The van der Waals surface area contributed by atoms with Crippen molar-refractivity contribution in [3.63, 3.8) is 0 Å². The highest BCUT2D eigenvalue weighted by Gasteiger charge is 2.24. The van der Waals surface area contributed by atoms with Gasteiger partial charge >= 0.3 is 0 Å². The first-order valence-electron chi connectivity index (χ1n) is 11.8. The lowest BCUT2D eigenvalue weighted by molar-refractivity contribution is -0.133. The van der Waals surface area contributed by atoms with Gasteiger partial charge in [0.1, 0.15) is 5.75 Å². The quantitative estimate of drug-likeness (QED) is 0.539. The van der Waals surface area contributed by atoms with Crippen LogP contribution < -0.4 is 4.74 Å². The molecule has 0 radical (unpaired) electrons. The molecule has 1 aliphatic rings. The zero-order valence-corrected chi connectivity index (χ0v) is 19.9. The van der Waals surface area contributed by atoms with Crippen LogP contribution in [0.5, 0.6) is 5.75 Å². The van der Waals surface area contributed by atoms with Gasteiger partial charge in [-0.25, -0.2) is 0 Å². The maximum atomic E-state index is 12.9. The molecule has 6 nitrogen and oxygen atoms in total. The highest BCUT2D eigenvalue weighted by Crippen LogP contribution is 2.19. The van der Waals surface area contributed by atoms with Gasteiger partial charge in [-0.15, -0.1) is 0 Å². The summed E-state index contributed by atoms with van der Waals surface area (Å²) in [7, 11) is 3.72. The van der Waals surface area contributed by atoms with Crippen LogP contribution in [0.25, 0.3) is 0 Å². The lowest BCUT2D eigenvalue weighted by atomic mass is 9.96. The molecule has 2 aromatic rings. The van der Waals surface area contributed by atoms with Crippen LogP contribution in [0.2, 0.25) is 0 Å². The second-order valence-corrected chi connectivity index (χ2v) is 8.87. The number of likely N-dealkylation sites (tertiary alicyclic amines) is 1. The number of likely N-dealkylation sites (N-methyl/N-ethyl adjacent to an activating group) is 2. The van der Waals surface area contributed by atoms with E-state index in [2.05, 4.69) is 39.9 Å². The van der Waals surface area contributed by atoms with Gasteiger partial charge in [-0.2, -0.15) is 0 Å². The average Bonchev–Trinajstić information content (AvgIpc) is 2.82. The van der Waals surface area contributed by atoms with E-state index in [1.165, 1.54) is 24.0 Å². The summed E-state index contributed by atoms with van der Waals surface area (Å²) in [6.45, 7) is 8.18. The van der Waals surface area contributed by atoms with Crippen LogP contribution in [-0.2, 0) is 17.8 Å². The number of carbonyl (C=O) groups excluding carboxylic acids is 1. The van der Waals surface area contributed by atoms with E-state index in [0.717, 1.165) is 51.4 Å². The van der Waals surface area contributed by atoms with Crippen LogP contribution in [0, 0.1) is 5.92 Å². The molecule has 6 heteroatoms. The summed E-state index contributed by atoms with van der Waals surface area (Å²) in [4.78, 5) is 23.7. The van der Waals surface area contributed by atoms with Crippen molar-refractivity contribution in [1.29, 1.82) is 0 Å². The Morgan fingerprint density at radius 2 is 2.03 bits per heavy atom. The second kappa shape index (κ2) is 12.6. The molecule has 3 rings (SSSR count). The summed E-state index contributed by atoms with van der Waals surface area (Å²) in [6, 6.07) is 12.3. The second-order valence-electron chi connectivity index (χ2n) is 8.87. The highest BCUT2D eigenvalue weighted by molar-refractivity contribution is 5.78. The van der Waals surface area contributed by atoms with Crippen LogP contribution in [0.15, 0.2) is 48.8 Å². The molecule has 0 spiro atoms. The van der Waals surface area contributed by atoms with Crippen LogP contribution >= 0.6 is 0 Å².